The molecule has 7 rings (SSSR count). The third-order valence-electron chi connectivity index (χ3n) is 11.7. The minimum absolute atomic E-state index is 0.0631. The van der Waals surface area contributed by atoms with Crippen LogP contribution in [-0.2, 0) is 19.7 Å². The summed E-state index contributed by atoms with van der Waals surface area (Å²) in [6.45, 7) is 6.29. The number of H-pyrrole nitrogens is 1. The lowest BCUT2D eigenvalue weighted by Gasteiger charge is -2.43. The average molecular weight is 661 g/mol. The molecule has 3 atom stereocenters. The van der Waals surface area contributed by atoms with Crippen molar-refractivity contribution in [3.05, 3.63) is 64.4 Å². The van der Waals surface area contributed by atoms with E-state index in [1.165, 1.54) is 0 Å². The van der Waals surface area contributed by atoms with Gasteiger partial charge in [0.1, 0.15) is 11.9 Å². The molecule has 1 aromatic heterocycles. The van der Waals surface area contributed by atoms with E-state index in [9.17, 15) is 14.4 Å². The number of nitrogens with one attached hydrogen (secondary N) is 4. The lowest BCUT2D eigenvalue weighted by Crippen LogP contribution is -2.57. The summed E-state index contributed by atoms with van der Waals surface area (Å²) < 4.78 is 5.73. The zero-order chi connectivity index (χ0) is 33.0. The van der Waals surface area contributed by atoms with E-state index in [1.54, 1.807) is 11.9 Å². The number of halogens is 1. The van der Waals surface area contributed by atoms with E-state index in [0.717, 1.165) is 54.3 Å². The molecule has 0 unspecified atom stereocenters. The Hall–Kier alpha value is -3.63. The lowest BCUT2D eigenvalue weighted by molar-refractivity contribution is -0.136. The molecule has 11 heteroatoms. The predicted molar refractivity (Wildman–Crippen MR) is 180 cm³/mol. The zero-order valence-corrected chi connectivity index (χ0v) is 28.2. The van der Waals surface area contributed by atoms with Crippen molar-refractivity contribution in [2.45, 2.75) is 82.2 Å². The number of aromatic nitrogens is 2. The number of rotatable bonds is 9. The number of amides is 4. The number of hydrogen-bond acceptors (Lipinski definition) is 5. The Balaban J connectivity index is 1.26. The van der Waals surface area contributed by atoms with Crippen LogP contribution in [0.3, 0.4) is 0 Å². The van der Waals surface area contributed by atoms with Crippen LogP contribution < -0.4 is 16.0 Å². The number of carbonyl (C=O) groups is 3. The SMILES string of the molecule is CCN(C)C(=O)N[C@H](c1nc2ccc(C3(C(=O)N[C@H]4C(=O)NCC45CCC5)CCOCC3)cc2[nH]1)[C@H](c1ccccc1Cl)C1(C)CC1. The molecule has 0 bridgehead atoms. The molecule has 3 aromatic rings. The fourth-order valence-electron chi connectivity index (χ4n) is 8.06. The zero-order valence-electron chi connectivity index (χ0n) is 27.5. The normalized spacial score (nSPS) is 23.4. The largest absolute Gasteiger partial charge is 0.381 e. The van der Waals surface area contributed by atoms with Crippen LogP contribution in [0.1, 0.15) is 87.7 Å². The molecule has 1 spiro atoms. The van der Waals surface area contributed by atoms with E-state index >= 15 is 0 Å². The molecule has 3 heterocycles. The summed E-state index contributed by atoms with van der Waals surface area (Å²) in [5.74, 6) is 0.317. The van der Waals surface area contributed by atoms with Gasteiger partial charge >= 0.3 is 6.03 Å². The Bertz CT molecular complexity index is 1690. The van der Waals surface area contributed by atoms with Gasteiger partial charge in [-0.15, -0.1) is 0 Å². The highest BCUT2D eigenvalue weighted by Gasteiger charge is 2.55. The molecule has 4 N–H and O–H groups in total. The fourth-order valence-corrected chi connectivity index (χ4v) is 8.31. The van der Waals surface area contributed by atoms with Crippen LogP contribution in [0.15, 0.2) is 42.5 Å². The van der Waals surface area contributed by atoms with E-state index in [2.05, 4.69) is 27.9 Å². The van der Waals surface area contributed by atoms with Gasteiger partial charge in [0, 0.05) is 49.7 Å². The highest BCUT2D eigenvalue weighted by atomic mass is 35.5. The van der Waals surface area contributed by atoms with Crippen molar-refractivity contribution in [3.63, 3.8) is 0 Å². The lowest BCUT2D eigenvalue weighted by atomic mass is 9.65. The smallest absolute Gasteiger partial charge is 0.317 e. The van der Waals surface area contributed by atoms with Gasteiger partial charge in [0.05, 0.1) is 22.5 Å². The number of imidazole rings is 1. The molecule has 4 fully saturated rings. The van der Waals surface area contributed by atoms with Crippen molar-refractivity contribution in [1.29, 1.82) is 0 Å². The number of fused-ring (bicyclic) bond motifs is 1. The monoisotopic (exact) mass is 660 g/mol. The summed E-state index contributed by atoms with van der Waals surface area (Å²) in [4.78, 5) is 50.8. The summed E-state index contributed by atoms with van der Waals surface area (Å²) >= 11 is 6.81. The Morgan fingerprint density at radius 1 is 1.11 bits per heavy atom. The van der Waals surface area contributed by atoms with Crippen LogP contribution in [-0.4, -0.2) is 72.1 Å². The summed E-state index contributed by atoms with van der Waals surface area (Å²) in [7, 11) is 1.78. The topological polar surface area (TPSA) is 128 Å². The molecule has 2 saturated heterocycles. The molecule has 0 radical (unpaired) electrons. The highest BCUT2D eigenvalue weighted by Crippen LogP contribution is 2.60. The van der Waals surface area contributed by atoms with Gasteiger partial charge in [0.15, 0.2) is 0 Å². The first-order valence-electron chi connectivity index (χ1n) is 17.0. The summed E-state index contributed by atoms with van der Waals surface area (Å²) in [5.41, 5.74) is 2.30. The van der Waals surface area contributed by atoms with E-state index in [1.807, 2.05) is 49.4 Å². The molecule has 2 aromatic carbocycles. The van der Waals surface area contributed by atoms with E-state index in [-0.39, 0.29) is 34.6 Å². The standard InChI is InChI=1S/C36H45ClN6O4/c1-4-43(3)33(46)41-28(27(34(2)14-15-34)23-8-5-6-9-24(23)37)30-39-25-11-10-22(20-26(25)40-30)36(16-18-47-19-17-36)32(45)42-29-31(44)38-21-35(29)12-7-13-35/h5-6,8-11,20,27-29H,4,7,12-19,21H2,1-3H3,(H,38,44)(H,39,40)(H,41,46)(H,42,45)/t27-,28-,29-/m0/s1. The summed E-state index contributed by atoms with van der Waals surface area (Å²) in [6, 6.07) is 12.6. The van der Waals surface area contributed by atoms with Crippen LogP contribution in [0.2, 0.25) is 5.02 Å². The van der Waals surface area contributed by atoms with Crippen molar-refractivity contribution in [1.82, 2.24) is 30.8 Å². The second kappa shape index (κ2) is 12.1. The third kappa shape index (κ3) is 5.57. The Labute approximate surface area is 280 Å². The first kappa shape index (κ1) is 31.9. The number of ether oxygens (including phenoxy) is 1. The highest BCUT2D eigenvalue weighted by molar-refractivity contribution is 6.31. The van der Waals surface area contributed by atoms with E-state index in [4.69, 9.17) is 21.3 Å². The van der Waals surface area contributed by atoms with Gasteiger partial charge in [-0.05, 0) is 80.2 Å². The molecule has 4 amide bonds. The number of aromatic amines is 1. The summed E-state index contributed by atoms with van der Waals surface area (Å²) in [5, 5.41) is 10.2. The molecular weight excluding hydrogens is 616 g/mol. The maximum atomic E-state index is 14.3. The molecule has 10 nitrogen and oxygen atoms in total. The van der Waals surface area contributed by atoms with Gasteiger partial charge in [-0.3, -0.25) is 9.59 Å². The van der Waals surface area contributed by atoms with Gasteiger partial charge in [-0.25, -0.2) is 9.78 Å². The van der Waals surface area contributed by atoms with E-state index < -0.39 is 17.5 Å². The Kier molecular flexibility index (Phi) is 8.23. The van der Waals surface area contributed by atoms with Crippen LogP contribution >= 0.6 is 11.6 Å². The van der Waals surface area contributed by atoms with Gasteiger partial charge in [-0.2, -0.15) is 0 Å². The molecule has 2 aliphatic carbocycles. The second-order valence-electron chi connectivity index (χ2n) is 14.5. The number of hydrogen-bond donors (Lipinski definition) is 4. The van der Waals surface area contributed by atoms with Crippen molar-refractivity contribution in [2.24, 2.45) is 10.8 Å². The van der Waals surface area contributed by atoms with Gasteiger partial charge in [0.2, 0.25) is 11.8 Å². The maximum Gasteiger partial charge on any atom is 0.317 e. The number of benzene rings is 2. The van der Waals surface area contributed by atoms with Crippen molar-refractivity contribution >= 4 is 40.5 Å². The molecular formula is C36H45ClN6O4. The molecule has 4 aliphatic rings. The minimum Gasteiger partial charge on any atom is -0.381 e. The van der Waals surface area contributed by atoms with Crippen molar-refractivity contribution < 1.29 is 19.1 Å². The number of urea groups is 1. The van der Waals surface area contributed by atoms with Crippen LogP contribution in [0.4, 0.5) is 4.79 Å². The van der Waals surface area contributed by atoms with Gasteiger partial charge < -0.3 is 30.6 Å². The first-order chi connectivity index (χ1) is 22.6. The number of nitrogens with zero attached hydrogens (tertiary/aromatic N) is 2. The second-order valence-corrected chi connectivity index (χ2v) is 14.9. The van der Waals surface area contributed by atoms with Gasteiger partial charge in [-0.1, -0.05) is 49.2 Å². The predicted octanol–water partition coefficient (Wildman–Crippen LogP) is 5.34. The average Bonchev–Trinajstić information content (AvgIpc) is 3.50. The Morgan fingerprint density at radius 2 is 1.85 bits per heavy atom. The molecule has 47 heavy (non-hydrogen) atoms. The number of carbonyl (C=O) groups excluding carboxylic acids is 3. The summed E-state index contributed by atoms with van der Waals surface area (Å²) in [6.07, 6.45) is 6.02. The van der Waals surface area contributed by atoms with Gasteiger partial charge in [0.25, 0.3) is 0 Å². The quantitative estimate of drug-likeness (QED) is 0.247. The van der Waals surface area contributed by atoms with Crippen molar-refractivity contribution in [2.75, 3.05) is 33.4 Å². The first-order valence-corrected chi connectivity index (χ1v) is 17.4. The third-order valence-corrected chi connectivity index (χ3v) is 12.0. The van der Waals surface area contributed by atoms with Crippen molar-refractivity contribution in [3.8, 4) is 0 Å². The molecule has 2 saturated carbocycles. The maximum absolute atomic E-state index is 14.3. The van der Waals surface area contributed by atoms with Crippen LogP contribution in [0, 0.1) is 10.8 Å². The van der Waals surface area contributed by atoms with Crippen LogP contribution in [0.25, 0.3) is 11.0 Å². The van der Waals surface area contributed by atoms with E-state index in [0.29, 0.717) is 50.0 Å². The van der Waals surface area contributed by atoms with Crippen LogP contribution in [0.5, 0.6) is 0 Å². The molecule has 2 aliphatic heterocycles. The fraction of sp³-hybridized carbons (Fsp3) is 0.556. The Morgan fingerprint density at radius 3 is 2.51 bits per heavy atom. The minimum atomic E-state index is -0.843. The molecule has 250 valence electrons.